The van der Waals surface area contributed by atoms with E-state index in [0.717, 1.165) is 18.7 Å². The van der Waals surface area contributed by atoms with E-state index in [0.29, 0.717) is 30.4 Å². The van der Waals surface area contributed by atoms with Crippen LogP contribution < -0.4 is 0 Å². The van der Waals surface area contributed by atoms with Gasteiger partial charge in [0.15, 0.2) is 0 Å². The largest absolute Gasteiger partial charge is 0.421 e. The molecule has 6 nitrogen and oxygen atoms in total. The fourth-order valence-corrected chi connectivity index (χ4v) is 3.84. The first-order valence-corrected chi connectivity index (χ1v) is 9.91. The van der Waals surface area contributed by atoms with E-state index in [1.54, 1.807) is 6.92 Å². The maximum Gasteiger partial charge on any atom is 0.253 e. The molecule has 1 saturated heterocycles. The number of carbonyl (C=O) groups excluding carboxylic acids is 1. The standard InChI is InChI=1S/C23H26N4O2/c1-17-24-25-21(29-17)19-10-7-11-20(14-19)22(28)26-12-13-27(23(2,3)16-26)15-18-8-5-4-6-9-18/h4-11,14H,12-13,15-16H2,1-3H3. The smallest absolute Gasteiger partial charge is 0.253 e. The minimum absolute atomic E-state index is 0.0375. The molecule has 4 rings (SSSR count). The van der Waals surface area contributed by atoms with Gasteiger partial charge in [0.2, 0.25) is 11.8 Å². The van der Waals surface area contributed by atoms with Crippen molar-refractivity contribution in [2.45, 2.75) is 32.9 Å². The Hall–Kier alpha value is -2.99. The average Bonchev–Trinajstić information content (AvgIpc) is 3.16. The summed E-state index contributed by atoms with van der Waals surface area (Å²) in [5, 5.41) is 7.93. The Labute approximate surface area is 171 Å². The van der Waals surface area contributed by atoms with Gasteiger partial charge in [-0.1, -0.05) is 36.4 Å². The second-order valence-corrected chi connectivity index (χ2v) is 8.15. The van der Waals surface area contributed by atoms with Crippen LogP contribution in [-0.4, -0.2) is 51.1 Å². The Bertz CT molecular complexity index is 997. The molecular formula is C23H26N4O2. The van der Waals surface area contributed by atoms with Gasteiger partial charge in [-0.25, -0.2) is 0 Å². The van der Waals surface area contributed by atoms with Crippen molar-refractivity contribution >= 4 is 5.91 Å². The van der Waals surface area contributed by atoms with Crippen molar-refractivity contribution in [3.05, 3.63) is 71.6 Å². The maximum atomic E-state index is 13.2. The van der Waals surface area contributed by atoms with Crippen molar-refractivity contribution in [3.8, 4) is 11.5 Å². The Balaban J connectivity index is 1.48. The summed E-state index contributed by atoms with van der Waals surface area (Å²) in [7, 11) is 0. The first-order chi connectivity index (χ1) is 13.9. The van der Waals surface area contributed by atoms with Gasteiger partial charge in [-0.15, -0.1) is 10.2 Å². The van der Waals surface area contributed by atoms with Crippen LogP contribution in [0.3, 0.4) is 0 Å². The molecule has 0 bridgehead atoms. The normalized spacial score (nSPS) is 16.7. The van der Waals surface area contributed by atoms with E-state index in [9.17, 15) is 4.79 Å². The highest BCUT2D eigenvalue weighted by Crippen LogP contribution is 2.25. The molecule has 0 aliphatic carbocycles. The predicted molar refractivity (Wildman–Crippen MR) is 111 cm³/mol. The molecule has 0 saturated carbocycles. The summed E-state index contributed by atoms with van der Waals surface area (Å²) in [6, 6.07) is 17.9. The van der Waals surface area contributed by atoms with Crippen molar-refractivity contribution in [3.63, 3.8) is 0 Å². The molecule has 1 aliphatic rings. The lowest BCUT2D eigenvalue weighted by atomic mass is 9.97. The van der Waals surface area contributed by atoms with E-state index in [4.69, 9.17) is 4.42 Å². The molecule has 0 atom stereocenters. The van der Waals surface area contributed by atoms with Crippen molar-refractivity contribution < 1.29 is 9.21 Å². The highest BCUT2D eigenvalue weighted by molar-refractivity contribution is 5.95. The molecule has 2 heterocycles. The van der Waals surface area contributed by atoms with E-state index < -0.39 is 0 Å². The summed E-state index contributed by atoms with van der Waals surface area (Å²) in [6.45, 7) is 9.28. The van der Waals surface area contributed by atoms with Crippen LogP contribution in [0.15, 0.2) is 59.0 Å². The van der Waals surface area contributed by atoms with Crippen LogP contribution in [0, 0.1) is 6.92 Å². The predicted octanol–water partition coefficient (Wildman–Crippen LogP) is 3.78. The van der Waals surface area contributed by atoms with Gasteiger partial charge in [-0.05, 0) is 37.6 Å². The molecule has 3 aromatic rings. The number of hydrogen-bond acceptors (Lipinski definition) is 5. The molecule has 6 heteroatoms. The molecule has 0 radical (unpaired) electrons. The molecule has 29 heavy (non-hydrogen) atoms. The topological polar surface area (TPSA) is 62.5 Å². The highest BCUT2D eigenvalue weighted by Gasteiger charge is 2.35. The molecule has 1 aromatic heterocycles. The fraction of sp³-hybridized carbons (Fsp3) is 0.348. The number of benzene rings is 2. The summed E-state index contributed by atoms with van der Waals surface area (Å²) < 4.78 is 5.50. The van der Waals surface area contributed by atoms with Gasteiger partial charge in [-0.3, -0.25) is 9.69 Å². The Kier molecular flexibility index (Phi) is 5.20. The van der Waals surface area contributed by atoms with Crippen molar-refractivity contribution in [1.82, 2.24) is 20.0 Å². The Morgan fingerprint density at radius 3 is 2.55 bits per heavy atom. The summed E-state index contributed by atoms with van der Waals surface area (Å²) in [5.41, 5.74) is 2.59. The van der Waals surface area contributed by atoms with E-state index >= 15 is 0 Å². The monoisotopic (exact) mass is 390 g/mol. The summed E-state index contributed by atoms with van der Waals surface area (Å²) >= 11 is 0. The number of aromatic nitrogens is 2. The van der Waals surface area contributed by atoms with Gasteiger partial charge >= 0.3 is 0 Å². The third-order valence-electron chi connectivity index (χ3n) is 5.46. The van der Waals surface area contributed by atoms with E-state index in [1.807, 2.05) is 35.2 Å². The minimum atomic E-state index is -0.106. The second-order valence-electron chi connectivity index (χ2n) is 8.15. The van der Waals surface area contributed by atoms with Crippen LogP contribution in [0.1, 0.15) is 35.7 Å². The number of nitrogens with zero attached hydrogens (tertiary/aromatic N) is 4. The summed E-state index contributed by atoms with van der Waals surface area (Å²) in [6.07, 6.45) is 0. The Morgan fingerprint density at radius 1 is 1.07 bits per heavy atom. The number of rotatable bonds is 4. The zero-order valence-corrected chi connectivity index (χ0v) is 17.1. The SMILES string of the molecule is Cc1nnc(-c2cccc(C(=O)N3CCN(Cc4ccccc4)C(C)(C)C3)c2)o1. The number of aryl methyl sites for hydroxylation is 1. The zero-order chi connectivity index (χ0) is 20.4. The van der Waals surface area contributed by atoms with Crippen LogP contribution in [-0.2, 0) is 6.54 Å². The molecular weight excluding hydrogens is 364 g/mol. The molecule has 2 aromatic carbocycles. The molecule has 0 N–H and O–H groups in total. The van der Waals surface area contributed by atoms with Gasteiger partial charge in [0, 0.05) is 49.8 Å². The van der Waals surface area contributed by atoms with Crippen molar-refractivity contribution in [1.29, 1.82) is 0 Å². The lowest BCUT2D eigenvalue weighted by molar-refractivity contribution is 0.0138. The van der Waals surface area contributed by atoms with Gasteiger partial charge in [0.05, 0.1) is 0 Å². The highest BCUT2D eigenvalue weighted by atomic mass is 16.4. The maximum absolute atomic E-state index is 13.2. The summed E-state index contributed by atoms with van der Waals surface area (Å²) in [5.74, 6) is 0.980. The first kappa shape index (κ1) is 19.3. The zero-order valence-electron chi connectivity index (χ0n) is 17.1. The average molecular weight is 390 g/mol. The van der Waals surface area contributed by atoms with E-state index in [-0.39, 0.29) is 11.4 Å². The van der Waals surface area contributed by atoms with Gasteiger partial charge < -0.3 is 9.32 Å². The molecule has 1 amide bonds. The number of piperazine rings is 1. The molecule has 0 spiro atoms. The minimum Gasteiger partial charge on any atom is -0.421 e. The van der Waals surface area contributed by atoms with Gasteiger partial charge in [-0.2, -0.15) is 0 Å². The number of amides is 1. The molecule has 1 aliphatic heterocycles. The summed E-state index contributed by atoms with van der Waals surface area (Å²) in [4.78, 5) is 17.6. The van der Waals surface area contributed by atoms with E-state index in [1.165, 1.54) is 5.56 Å². The second kappa shape index (κ2) is 7.79. The molecule has 150 valence electrons. The lowest BCUT2D eigenvalue weighted by Crippen LogP contribution is -2.59. The van der Waals surface area contributed by atoms with E-state index in [2.05, 4.69) is 53.2 Å². The first-order valence-electron chi connectivity index (χ1n) is 9.91. The van der Waals surface area contributed by atoms with Gasteiger partial charge in [0.25, 0.3) is 5.91 Å². The lowest BCUT2D eigenvalue weighted by Gasteiger charge is -2.47. The van der Waals surface area contributed by atoms with Crippen LogP contribution in [0.5, 0.6) is 0 Å². The van der Waals surface area contributed by atoms with Crippen LogP contribution in [0.2, 0.25) is 0 Å². The van der Waals surface area contributed by atoms with Crippen LogP contribution in [0.4, 0.5) is 0 Å². The molecule has 1 fully saturated rings. The fourth-order valence-electron chi connectivity index (χ4n) is 3.84. The number of carbonyl (C=O) groups is 1. The molecule has 0 unspecified atom stereocenters. The van der Waals surface area contributed by atoms with Crippen molar-refractivity contribution in [2.75, 3.05) is 19.6 Å². The third kappa shape index (κ3) is 4.22. The quantitative estimate of drug-likeness (QED) is 0.678. The van der Waals surface area contributed by atoms with Gasteiger partial charge in [0.1, 0.15) is 0 Å². The third-order valence-corrected chi connectivity index (χ3v) is 5.46. The van der Waals surface area contributed by atoms with Crippen LogP contribution in [0.25, 0.3) is 11.5 Å². The van der Waals surface area contributed by atoms with Crippen LogP contribution >= 0.6 is 0 Å². The van der Waals surface area contributed by atoms with Crippen molar-refractivity contribution in [2.24, 2.45) is 0 Å². The Morgan fingerprint density at radius 2 is 1.86 bits per heavy atom. The number of hydrogen-bond donors (Lipinski definition) is 0.